The number of nitrogens with zero attached hydrogens (tertiary/aromatic N) is 2. The summed E-state index contributed by atoms with van der Waals surface area (Å²) >= 11 is 1.67. The Kier molecular flexibility index (Phi) is 4.87. The van der Waals surface area contributed by atoms with E-state index in [0.29, 0.717) is 0 Å². The molecule has 5 heteroatoms. The molecule has 1 atom stereocenters. The first-order valence-corrected chi connectivity index (χ1v) is 7.42. The van der Waals surface area contributed by atoms with Crippen LogP contribution in [-0.2, 0) is 6.54 Å². The fraction of sp³-hybridized carbons (Fsp3) is 0.333. The molecule has 0 fully saturated rings. The number of thiazole rings is 1. The highest BCUT2D eigenvalue weighted by atomic mass is 32.1. The standard InChI is InChI=1S/C15H20N4S/c1-11-14(20-10-18-11)9-19(2)8-13(15(16)17)12-6-4-3-5-7-12/h3-7,10,13H,8-9H2,1-2H3,(H3,16,17). The van der Waals surface area contributed by atoms with Gasteiger partial charge in [0.15, 0.2) is 0 Å². The molecule has 0 bridgehead atoms. The van der Waals surface area contributed by atoms with Gasteiger partial charge in [-0.05, 0) is 19.5 Å². The van der Waals surface area contributed by atoms with Crippen molar-refractivity contribution in [3.05, 3.63) is 52.0 Å². The minimum Gasteiger partial charge on any atom is -0.387 e. The number of nitrogens with two attached hydrogens (primary N) is 1. The average Bonchev–Trinajstić information content (AvgIpc) is 2.82. The van der Waals surface area contributed by atoms with Crippen LogP contribution in [0.1, 0.15) is 22.1 Å². The van der Waals surface area contributed by atoms with Gasteiger partial charge < -0.3 is 10.6 Å². The molecular formula is C15H20N4S. The average molecular weight is 288 g/mol. The molecule has 1 unspecified atom stereocenters. The Morgan fingerprint density at radius 1 is 1.40 bits per heavy atom. The predicted molar refractivity (Wildman–Crippen MR) is 84.3 cm³/mol. The maximum Gasteiger partial charge on any atom is 0.0995 e. The van der Waals surface area contributed by atoms with Gasteiger partial charge in [-0.15, -0.1) is 11.3 Å². The van der Waals surface area contributed by atoms with E-state index < -0.39 is 0 Å². The molecule has 1 heterocycles. The van der Waals surface area contributed by atoms with E-state index in [0.717, 1.165) is 24.3 Å². The van der Waals surface area contributed by atoms with E-state index in [2.05, 4.69) is 16.9 Å². The number of hydrogen-bond donors (Lipinski definition) is 2. The fourth-order valence-electron chi connectivity index (χ4n) is 2.17. The van der Waals surface area contributed by atoms with E-state index in [1.807, 2.05) is 42.8 Å². The van der Waals surface area contributed by atoms with E-state index in [4.69, 9.17) is 11.1 Å². The predicted octanol–water partition coefficient (Wildman–Crippen LogP) is 2.60. The molecule has 3 N–H and O–H groups in total. The van der Waals surface area contributed by atoms with Gasteiger partial charge in [0.05, 0.1) is 23.0 Å². The first kappa shape index (κ1) is 14.7. The lowest BCUT2D eigenvalue weighted by Crippen LogP contribution is -2.32. The number of nitrogens with one attached hydrogen (secondary N) is 1. The van der Waals surface area contributed by atoms with Crippen molar-refractivity contribution in [1.82, 2.24) is 9.88 Å². The van der Waals surface area contributed by atoms with E-state index in [1.54, 1.807) is 11.3 Å². The van der Waals surface area contributed by atoms with Crippen LogP contribution in [0.2, 0.25) is 0 Å². The molecule has 0 amide bonds. The Morgan fingerprint density at radius 3 is 2.65 bits per heavy atom. The summed E-state index contributed by atoms with van der Waals surface area (Å²) in [7, 11) is 2.05. The van der Waals surface area contributed by atoms with Crippen molar-refractivity contribution >= 4 is 17.2 Å². The second-order valence-electron chi connectivity index (χ2n) is 4.98. The number of aryl methyl sites for hydroxylation is 1. The highest BCUT2D eigenvalue weighted by Gasteiger charge is 2.17. The summed E-state index contributed by atoms with van der Waals surface area (Å²) in [6, 6.07) is 10.00. The molecule has 106 valence electrons. The van der Waals surface area contributed by atoms with Crippen molar-refractivity contribution in [3.8, 4) is 0 Å². The minimum absolute atomic E-state index is 0.0607. The van der Waals surface area contributed by atoms with E-state index >= 15 is 0 Å². The number of rotatable bonds is 6. The van der Waals surface area contributed by atoms with Crippen LogP contribution in [0.4, 0.5) is 0 Å². The Morgan fingerprint density at radius 2 is 2.10 bits per heavy atom. The molecule has 1 aromatic carbocycles. The molecule has 0 saturated carbocycles. The maximum atomic E-state index is 7.82. The quantitative estimate of drug-likeness (QED) is 0.634. The summed E-state index contributed by atoms with van der Waals surface area (Å²) in [4.78, 5) is 7.73. The van der Waals surface area contributed by atoms with Crippen molar-refractivity contribution in [3.63, 3.8) is 0 Å². The lowest BCUT2D eigenvalue weighted by Gasteiger charge is -2.23. The Bertz CT molecular complexity index is 564. The van der Waals surface area contributed by atoms with E-state index in [-0.39, 0.29) is 11.8 Å². The minimum atomic E-state index is -0.0607. The van der Waals surface area contributed by atoms with Crippen LogP contribution < -0.4 is 5.73 Å². The van der Waals surface area contributed by atoms with Crippen molar-refractivity contribution in [2.24, 2.45) is 5.73 Å². The third-order valence-corrected chi connectivity index (χ3v) is 4.25. The summed E-state index contributed by atoms with van der Waals surface area (Å²) in [5, 5.41) is 7.82. The smallest absolute Gasteiger partial charge is 0.0995 e. The van der Waals surface area contributed by atoms with Crippen molar-refractivity contribution in [2.45, 2.75) is 19.4 Å². The summed E-state index contributed by atoms with van der Waals surface area (Å²) in [5.41, 5.74) is 9.82. The summed E-state index contributed by atoms with van der Waals surface area (Å²) < 4.78 is 0. The van der Waals surface area contributed by atoms with Crippen LogP contribution in [0.5, 0.6) is 0 Å². The number of amidine groups is 1. The third-order valence-electron chi connectivity index (χ3n) is 3.33. The van der Waals surface area contributed by atoms with Gasteiger partial charge in [0.2, 0.25) is 0 Å². The molecule has 0 aliphatic heterocycles. The highest BCUT2D eigenvalue weighted by Crippen LogP contribution is 2.19. The van der Waals surface area contributed by atoms with Crippen LogP contribution in [0, 0.1) is 12.3 Å². The zero-order chi connectivity index (χ0) is 14.5. The number of aromatic nitrogens is 1. The second kappa shape index (κ2) is 6.63. The molecule has 4 nitrogen and oxygen atoms in total. The van der Waals surface area contributed by atoms with Gasteiger partial charge in [0.1, 0.15) is 0 Å². The van der Waals surface area contributed by atoms with Gasteiger partial charge in [-0.3, -0.25) is 5.41 Å². The molecule has 0 radical (unpaired) electrons. The lowest BCUT2D eigenvalue weighted by molar-refractivity contribution is 0.324. The Balaban J connectivity index is 2.05. The van der Waals surface area contributed by atoms with Gasteiger partial charge in [-0.1, -0.05) is 30.3 Å². The molecule has 20 heavy (non-hydrogen) atoms. The van der Waals surface area contributed by atoms with E-state index in [1.165, 1.54) is 4.88 Å². The zero-order valence-corrected chi connectivity index (χ0v) is 12.7. The number of likely N-dealkylation sites (N-methyl/N-ethyl adjacent to an activating group) is 1. The molecule has 1 aromatic heterocycles. The van der Waals surface area contributed by atoms with Crippen molar-refractivity contribution < 1.29 is 0 Å². The van der Waals surface area contributed by atoms with Crippen molar-refractivity contribution in [2.75, 3.05) is 13.6 Å². The first-order valence-electron chi connectivity index (χ1n) is 6.54. The first-order chi connectivity index (χ1) is 9.58. The Hall–Kier alpha value is -1.72. The number of hydrogen-bond acceptors (Lipinski definition) is 4. The highest BCUT2D eigenvalue weighted by molar-refractivity contribution is 7.09. The largest absolute Gasteiger partial charge is 0.387 e. The molecule has 0 aliphatic rings. The maximum absolute atomic E-state index is 7.82. The van der Waals surface area contributed by atoms with Gasteiger partial charge in [0.25, 0.3) is 0 Å². The fourth-order valence-corrected chi connectivity index (χ4v) is 3.02. The van der Waals surface area contributed by atoms with Gasteiger partial charge in [-0.25, -0.2) is 4.98 Å². The van der Waals surface area contributed by atoms with Gasteiger partial charge in [0, 0.05) is 18.0 Å². The molecule has 0 saturated heterocycles. The molecule has 2 rings (SSSR count). The summed E-state index contributed by atoms with van der Waals surface area (Å²) in [6.07, 6.45) is 0. The summed E-state index contributed by atoms with van der Waals surface area (Å²) in [6.45, 7) is 3.60. The number of benzene rings is 1. The monoisotopic (exact) mass is 288 g/mol. The second-order valence-corrected chi connectivity index (χ2v) is 5.92. The SMILES string of the molecule is Cc1ncsc1CN(C)CC(C(=N)N)c1ccccc1. The van der Waals surface area contributed by atoms with Crippen LogP contribution >= 0.6 is 11.3 Å². The molecular weight excluding hydrogens is 268 g/mol. The van der Waals surface area contributed by atoms with E-state index in [9.17, 15) is 0 Å². The van der Waals surface area contributed by atoms with Gasteiger partial charge in [-0.2, -0.15) is 0 Å². The van der Waals surface area contributed by atoms with Crippen LogP contribution in [-0.4, -0.2) is 29.3 Å². The topological polar surface area (TPSA) is 66.0 Å². The van der Waals surface area contributed by atoms with Crippen molar-refractivity contribution in [1.29, 1.82) is 5.41 Å². The zero-order valence-electron chi connectivity index (χ0n) is 11.8. The third kappa shape index (κ3) is 3.65. The lowest BCUT2D eigenvalue weighted by atomic mass is 9.97. The van der Waals surface area contributed by atoms with Gasteiger partial charge >= 0.3 is 0 Å². The normalized spacial score (nSPS) is 12.6. The molecule has 0 aliphatic carbocycles. The molecule has 2 aromatic rings. The molecule has 0 spiro atoms. The van der Waals surface area contributed by atoms with Crippen LogP contribution in [0.25, 0.3) is 0 Å². The van der Waals surface area contributed by atoms with Crippen LogP contribution in [0.15, 0.2) is 35.8 Å². The van der Waals surface area contributed by atoms with Crippen LogP contribution in [0.3, 0.4) is 0 Å². The summed E-state index contributed by atoms with van der Waals surface area (Å²) in [5.74, 6) is 0.151. The Labute approximate surface area is 123 Å².